The molecule has 14 heavy (non-hydrogen) atoms. The highest BCUT2D eigenvalue weighted by atomic mass is 19.4. The van der Waals surface area contributed by atoms with Crippen LogP contribution in [-0.4, -0.2) is 6.08 Å². The van der Waals surface area contributed by atoms with Gasteiger partial charge < -0.3 is 0 Å². The van der Waals surface area contributed by atoms with Crippen molar-refractivity contribution in [2.24, 2.45) is 4.99 Å². The van der Waals surface area contributed by atoms with E-state index in [0.29, 0.717) is 5.56 Å². The fraction of sp³-hybridized carbons (Fsp3) is 0.222. The second-order valence-corrected chi connectivity index (χ2v) is 2.72. The second kappa shape index (κ2) is 3.64. The Morgan fingerprint density at radius 1 is 1.36 bits per heavy atom. The standard InChI is InChI=1S/C9H6F3NO/c1-6-2-3-7(9(10,11)12)8(4-6)13-5-14/h2-4H,1H3. The first-order valence-electron chi connectivity index (χ1n) is 3.71. The highest BCUT2D eigenvalue weighted by Gasteiger charge is 2.33. The van der Waals surface area contributed by atoms with Crippen molar-refractivity contribution in [2.75, 3.05) is 0 Å². The Morgan fingerprint density at radius 2 is 2.00 bits per heavy atom. The molecule has 0 unspecified atom stereocenters. The van der Waals surface area contributed by atoms with E-state index in [0.717, 1.165) is 12.1 Å². The van der Waals surface area contributed by atoms with Crippen LogP contribution in [0.3, 0.4) is 0 Å². The van der Waals surface area contributed by atoms with Gasteiger partial charge in [0.1, 0.15) is 0 Å². The van der Waals surface area contributed by atoms with Gasteiger partial charge in [-0.2, -0.15) is 18.2 Å². The number of nitrogens with zero attached hydrogens (tertiary/aromatic N) is 1. The molecule has 0 saturated heterocycles. The summed E-state index contributed by atoms with van der Waals surface area (Å²) < 4.78 is 36.9. The van der Waals surface area contributed by atoms with Crippen molar-refractivity contribution >= 4 is 11.8 Å². The Hall–Kier alpha value is -1.61. The highest BCUT2D eigenvalue weighted by molar-refractivity contribution is 5.56. The van der Waals surface area contributed by atoms with Gasteiger partial charge in [0.05, 0.1) is 11.3 Å². The number of hydrogen-bond donors (Lipinski definition) is 0. The largest absolute Gasteiger partial charge is 0.418 e. The summed E-state index contributed by atoms with van der Waals surface area (Å²) >= 11 is 0. The Kier molecular flexibility index (Phi) is 2.72. The molecule has 2 nitrogen and oxygen atoms in total. The van der Waals surface area contributed by atoms with Crippen molar-refractivity contribution < 1.29 is 18.0 Å². The van der Waals surface area contributed by atoms with E-state index in [1.165, 1.54) is 12.1 Å². The van der Waals surface area contributed by atoms with Gasteiger partial charge in [-0.15, -0.1) is 0 Å². The SMILES string of the molecule is Cc1ccc(C(F)(F)F)c(N=C=O)c1. The van der Waals surface area contributed by atoms with E-state index in [1.807, 2.05) is 0 Å². The molecule has 0 radical (unpaired) electrons. The first-order chi connectivity index (χ1) is 6.45. The van der Waals surface area contributed by atoms with E-state index in [-0.39, 0.29) is 0 Å². The maximum atomic E-state index is 12.3. The molecule has 0 N–H and O–H groups in total. The normalized spacial score (nSPS) is 10.9. The first kappa shape index (κ1) is 10.5. The molecule has 1 rings (SSSR count). The zero-order chi connectivity index (χ0) is 10.8. The third-order valence-electron chi connectivity index (χ3n) is 1.62. The van der Waals surface area contributed by atoms with Crippen molar-refractivity contribution in [3.05, 3.63) is 29.3 Å². The summed E-state index contributed by atoms with van der Waals surface area (Å²) in [5, 5.41) is 0. The lowest BCUT2D eigenvalue weighted by atomic mass is 10.1. The third kappa shape index (κ3) is 2.20. The average Bonchev–Trinajstić information content (AvgIpc) is 2.02. The zero-order valence-corrected chi connectivity index (χ0v) is 7.22. The quantitative estimate of drug-likeness (QED) is 0.507. The van der Waals surface area contributed by atoms with Gasteiger partial charge in [-0.25, -0.2) is 4.79 Å². The van der Waals surface area contributed by atoms with Gasteiger partial charge in [0.25, 0.3) is 0 Å². The third-order valence-corrected chi connectivity index (χ3v) is 1.62. The van der Waals surface area contributed by atoms with Crippen LogP contribution in [0.4, 0.5) is 18.9 Å². The maximum Gasteiger partial charge on any atom is 0.418 e. The molecule has 0 aromatic heterocycles. The van der Waals surface area contributed by atoms with E-state index >= 15 is 0 Å². The van der Waals surface area contributed by atoms with Crippen LogP contribution < -0.4 is 0 Å². The molecule has 0 aliphatic rings. The molecular weight excluding hydrogens is 195 g/mol. The number of hydrogen-bond acceptors (Lipinski definition) is 2. The Balaban J connectivity index is 3.36. The summed E-state index contributed by atoms with van der Waals surface area (Å²) in [6, 6.07) is 3.39. The van der Waals surface area contributed by atoms with Gasteiger partial charge in [0, 0.05) is 0 Å². The van der Waals surface area contributed by atoms with Gasteiger partial charge in [0.2, 0.25) is 6.08 Å². The summed E-state index contributed by atoms with van der Waals surface area (Å²) in [6.45, 7) is 1.62. The smallest absolute Gasteiger partial charge is 0.211 e. The molecule has 0 atom stereocenters. The van der Waals surface area contributed by atoms with E-state index < -0.39 is 17.4 Å². The molecule has 1 aromatic carbocycles. The molecule has 74 valence electrons. The minimum Gasteiger partial charge on any atom is -0.211 e. The first-order valence-corrected chi connectivity index (χ1v) is 3.71. The molecule has 0 saturated carbocycles. The predicted molar refractivity (Wildman–Crippen MR) is 44.0 cm³/mol. The maximum absolute atomic E-state index is 12.3. The summed E-state index contributed by atoms with van der Waals surface area (Å²) in [7, 11) is 0. The van der Waals surface area contributed by atoms with Crippen LogP contribution in [0.5, 0.6) is 0 Å². The minimum atomic E-state index is -4.50. The molecule has 0 aliphatic carbocycles. The summed E-state index contributed by atoms with van der Waals surface area (Å²) in [5.74, 6) is 0. The van der Waals surface area contributed by atoms with Crippen LogP contribution in [0.2, 0.25) is 0 Å². The van der Waals surface area contributed by atoms with Crippen molar-refractivity contribution in [1.29, 1.82) is 0 Å². The fourth-order valence-corrected chi connectivity index (χ4v) is 1.02. The number of alkyl halides is 3. The van der Waals surface area contributed by atoms with Crippen LogP contribution in [-0.2, 0) is 11.0 Å². The summed E-state index contributed by atoms with van der Waals surface area (Å²) in [5.41, 5.74) is -0.717. The van der Waals surface area contributed by atoms with Crippen LogP contribution >= 0.6 is 0 Å². The summed E-state index contributed by atoms with van der Waals surface area (Å²) in [6.07, 6.45) is -3.40. The highest BCUT2D eigenvalue weighted by Crippen LogP contribution is 2.36. The second-order valence-electron chi connectivity index (χ2n) is 2.72. The lowest BCUT2D eigenvalue weighted by Gasteiger charge is -2.08. The predicted octanol–water partition coefficient (Wildman–Crippen LogP) is 2.98. The van der Waals surface area contributed by atoms with Crippen molar-refractivity contribution in [3.63, 3.8) is 0 Å². The Morgan fingerprint density at radius 3 is 2.50 bits per heavy atom. The van der Waals surface area contributed by atoms with Gasteiger partial charge in [-0.1, -0.05) is 6.07 Å². The van der Waals surface area contributed by atoms with Gasteiger partial charge in [0.15, 0.2) is 0 Å². The number of aliphatic imine (C=N–C) groups is 1. The number of aryl methyl sites for hydroxylation is 1. The molecule has 5 heteroatoms. The Labute approximate surface area is 78.1 Å². The molecule has 0 bridgehead atoms. The van der Waals surface area contributed by atoms with E-state index in [9.17, 15) is 18.0 Å². The molecular formula is C9H6F3NO. The van der Waals surface area contributed by atoms with Crippen LogP contribution in [0.25, 0.3) is 0 Å². The topological polar surface area (TPSA) is 29.4 Å². The van der Waals surface area contributed by atoms with Gasteiger partial charge in [-0.3, -0.25) is 0 Å². The summed E-state index contributed by atoms with van der Waals surface area (Å²) in [4.78, 5) is 12.9. The zero-order valence-electron chi connectivity index (χ0n) is 7.22. The lowest BCUT2D eigenvalue weighted by Crippen LogP contribution is -2.05. The van der Waals surface area contributed by atoms with Crippen molar-refractivity contribution in [2.45, 2.75) is 13.1 Å². The number of rotatable bonds is 1. The lowest BCUT2D eigenvalue weighted by molar-refractivity contribution is -0.137. The van der Waals surface area contributed by atoms with Gasteiger partial charge in [-0.05, 0) is 24.6 Å². The number of benzene rings is 1. The monoisotopic (exact) mass is 201 g/mol. The van der Waals surface area contributed by atoms with Crippen molar-refractivity contribution in [1.82, 2.24) is 0 Å². The molecule has 0 heterocycles. The molecule has 0 fully saturated rings. The van der Waals surface area contributed by atoms with E-state index in [1.54, 1.807) is 6.92 Å². The average molecular weight is 201 g/mol. The minimum absolute atomic E-state index is 0.396. The number of carbonyl (C=O) groups excluding carboxylic acids is 1. The van der Waals surface area contributed by atoms with Crippen LogP contribution in [0.1, 0.15) is 11.1 Å². The van der Waals surface area contributed by atoms with E-state index in [2.05, 4.69) is 4.99 Å². The molecule has 0 aliphatic heterocycles. The number of halogens is 3. The van der Waals surface area contributed by atoms with Crippen LogP contribution in [0.15, 0.2) is 23.2 Å². The van der Waals surface area contributed by atoms with Crippen molar-refractivity contribution in [3.8, 4) is 0 Å². The molecule has 0 amide bonds. The Bertz CT molecular complexity index is 392. The molecule has 1 aromatic rings. The van der Waals surface area contributed by atoms with E-state index in [4.69, 9.17) is 0 Å². The number of isocyanates is 1. The van der Waals surface area contributed by atoms with Crippen LogP contribution in [0, 0.1) is 6.92 Å². The fourth-order valence-electron chi connectivity index (χ4n) is 1.02. The van der Waals surface area contributed by atoms with Gasteiger partial charge >= 0.3 is 6.18 Å². The molecule has 0 spiro atoms.